The van der Waals surface area contributed by atoms with Gasteiger partial charge < -0.3 is 15.0 Å². The van der Waals surface area contributed by atoms with Crippen molar-refractivity contribution in [3.63, 3.8) is 0 Å². The number of ether oxygens (including phenoxy) is 1. The topological polar surface area (TPSA) is 94.4 Å². The van der Waals surface area contributed by atoms with Crippen LogP contribution in [0.15, 0.2) is 18.2 Å². The first-order valence-corrected chi connectivity index (χ1v) is 14.4. The summed E-state index contributed by atoms with van der Waals surface area (Å²) >= 11 is 0. The number of alkyl halides is 6. The third kappa shape index (κ3) is 5.26. The fraction of sp³-hybridized carbons (Fsp3) is 0.586. The van der Waals surface area contributed by atoms with Gasteiger partial charge in [0.25, 0.3) is 6.02 Å². The Kier molecular flexibility index (Phi) is 6.84. The third-order valence-corrected chi connectivity index (χ3v) is 9.07. The summed E-state index contributed by atoms with van der Waals surface area (Å²) in [6.07, 6.45) is -3.89. The number of likely N-dealkylation sites (tertiary alicyclic amines) is 1. The Labute approximate surface area is 244 Å². The molecule has 2 aromatic rings. The SMILES string of the molecule is CC1(C)C(=O)N(c2ccc3c(c2)C2(CCC3)CC2)c2nc(COC(=N)N3CCC[C@@H]3C(F)(F)F)nc(NCC(F)(F)F)c21. The van der Waals surface area contributed by atoms with Crippen molar-refractivity contribution in [2.45, 2.75) is 94.6 Å². The van der Waals surface area contributed by atoms with Crippen LogP contribution in [-0.4, -0.2) is 58.3 Å². The number of benzene rings is 1. The normalized spacial score (nSPS) is 22.0. The fourth-order valence-electron chi connectivity index (χ4n) is 6.73. The molecule has 232 valence electrons. The zero-order chi connectivity index (χ0) is 30.9. The molecule has 1 aromatic carbocycles. The lowest BCUT2D eigenvalue weighted by molar-refractivity contribution is -0.169. The van der Waals surface area contributed by atoms with Gasteiger partial charge in [0.15, 0.2) is 12.4 Å². The van der Waals surface area contributed by atoms with E-state index in [9.17, 15) is 31.1 Å². The molecule has 2 aliphatic carbocycles. The second kappa shape index (κ2) is 9.98. The van der Waals surface area contributed by atoms with Crippen molar-refractivity contribution in [1.82, 2.24) is 14.9 Å². The maximum atomic E-state index is 13.9. The van der Waals surface area contributed by atoms with E-state index in [-0.39, 0.29) is 47.8 Å². The van der Waals surface area contributed by atoms with Crippen molar-refractivity contribution in [1.29, 1.82) is 5.41 Å². The van der Waals surface area contributed by atoms with Crippen molar-refractivity contribution in [2.24, 2.45) is 0 Å². The predicted octanol–water partition coefficient (Wildman–Crippen LogP) is 6.25. The molecular weight excluding hydrogens is 578 g/mol. The number of aromatic nitrogens is 2. The number of carbonyl (C=O) groups excluding carboxylic acids is 1. The number of carbonyl (C=O) groups is 1. The van der Waals surface area contributed by atoms with Crippen molar-refractivity contribution >= 4 is 29.3 Å². The molecule has 1 spiro atoms. The predicted molar refractivity (Wildman–Crippen MR) is 145 cm³/mol. The second-order valence-electron chi connectivity index (χ2n) is 12.4. The van der Waals surface area contributed by atoms with Gasteiger partial charge in [0.05, 0.1) is 16.7 Å². The largest absolute Gasteiger partial charge is 0.457 e. The van der Waals surface area contributed by atoms with Crippen LogP contribution in [0.3, 0.4) is 0 Å². The molecule has 1 saturated heterocycles. The number of aryl methyl sites for hydroxylation is 1. The van der Waals surface area contributed by atoms with Crippen LogP contribution in [0.1, 0.15) is 74.9 Å². The fourth-order valence-corrected chi connectivity index (χ4v) is 6.73. The molecule has 2 N–H and O–H groups in total. The van der Waals surface area contributed by atoms with Crippen LogP contribution >= 0.6 is 0 Å². The van der Waals surface area contributed by atoms with Crippen LogP contribution in [0.25, 0.3) is 0 Å². The van der Waals surface area contributed by atoms with Crippen LogP contribution < -0.4 is 10.2 Å². The molecular formula is C29H32F6N6O2. The monoisotopic (exact) mass is 610 g/mol. The Morgan fingerprint density at radius 2 is 1.86 bits per heavy atom. The third-order valence-electron chi connectivity index (χ3n) is 9.07. The van der Waals surface area contributed by atoms with Crippen LogP contribution in [0.2, 0.25) is 0 Å². The number of hydrogen-bond donors (Lipinski definition) is 2. The maximum absolute atomic E-state index is 13.9. The van der Waals surface area contributed by atoms with E-state index in [1.54, 1.807) is 13.8 Å². The number of hydrogen-bond acceptors (Lipinski definition) is 6. The summed E-state index contributed by atoms with van der Waals surface area (Å²) in [5, 5.41) is 10.4. The molecule has 0 radical (unpaired) electrons. The summed E-state index contributed by atoms with van der Waals surface area (Å²) in [6.45, 7) is 1.15. The van der Waals surface area contributed by atoms with E-state index in [1.807, 2.05) is 18.2 Å². The number of nitrogens with one attached hydrogen (secondary N) is 2. The van der Waals surface area contributed by atoms with E-state index in [0.717, 1.165) is 37.0 Å². The molecule has 1 amide bonds. The minimum Gasteiger partial charge on any atom is -0.457 e. The zero-order valence-electron chi connectivity index (χ0n) is 23.8. The Balaban J connectivity index is 1.37. The molecule has 4 aliphatic rings. The lowest BCUT2D eigenvalue weighted by Crippen LogP contribution is -2.45. The van der Waals surface area contributed by atoms with Gasteiger partial charge in [-0.3, -0.25) is 15.1 Å². The van der Waals surface area contributed by atoms with Gasteiger partial charge in [-0.1, -0.05) is 6.07 Å². The lowest BCUT2D eigenvalue weighted by atomic mass is 9.80. The number of rotatable bonds is 5. The minimum atomic E-state index is -4.59. The van der Waals surface area contributed by atoms with Crippen LogP contribution in [0.5, 0.6) is 0 Å². The first kappa shape index (κ1) is 29.5. The highest BCUT2D eigenvalue weighted by Gasteiger charge is 2.51. The number of anilines is 3. The number of amidine groups is 1. The highest BCUT2D eigenvalue weighted by molar-refractivity contribution is 6.12. The van der Waals surface area contributed by atoms with Gasteiger partial charge in [-0.15, -0.1) is 0 Å². The zero-order valence-corrected chi connectivity index (χ0v) is 23.8. The van der Waals surface area contributed by atoms with E-state index in [1.165, 1.54) is 16.0 Å². The average Bonchev–Trinajstić information content (AvgIpc) is 3.43. The van der Waals surface area contributed by atoms with Gasteiger partial charge in [-0.2, -0.15) is 26.3 Å². The molecule has 0 unspecified atom stereocenters. The quantitative estimate of drug-likeness (QED) is 0.236. The lowest BCUT2D eigenvalue weighted by Gasteiger charge is -2.28. The molecule has 1 saturated carbocycles. The van der Waals surface area contributed by atoms with E-state index < -0.39 is 48.9 Å². The smallest absolute Gasteiger partial charge is 0.408 e. The van der Waals surface area contributed by atoms with Gasteiger partial charge in [-0.25, -0.2) is 9.97 Å². The summed E-state index contributed by atoms with van der Waals surface area (Å²) in [5.74, 6) is -0.722. The van der Waals surface area contributed by atoms with Gasteiger partial charge in [0.1, 0.15) is 24.2 Å². The molecule has 43 heavy (non-hydrogen) atoms. The van der Waals surface area contributed by atoms with E-state index in [2.05, 4.69) is 15.3 Å². The highest BCUT2D eigenvalue weighted by atomic mass is 19.4. The average molecular weight is 611 g/mol. The van der Waals surface area contributed by atoms with E-state index in [4.69, 9.17) is 10.1 Å². The van der Waals surface area contributed by atoms with Gasteiger partial charge >= 0.3 is 12.4 Å². The molecule has 0 bridgehead atoms. The summed E-state index contributed by atoms with van der Waals surface area (Å²) in [5.41, 5.74) is 1.92. The minimum absolute atomic E-state index is 0.0251. The number of amides is 1. The van der Waals surface area contributed by atoms with Crippen LogP contribution in [0.4, 0.5) is 43.7 Å². The molecule has 3 heterocycles. The Hall–Kier alpha value is -3.58. The first-order chi connectivity index (χ1) is 20.1. The highest BCUT2D eigenvalue weighted by Crippen LogP contribution is 2.57. The van der Waals surface area contributed by atoms with Crippen LogP contribution in [-0.2, 0) is 33.4 Å². The Bertz CT molecular complexity index is 1470. The van der Waals surface area contributed by atoms with Crippen LogP contribution in [0, 0.1) is 5.41 Å². The molecule has 2 fully saturated rings. The Morgan fingerprint density at radius 3 is 2.53 bits per heavy atom. The van der Waals surface area contributed by atoms with Crippen molar-refractivity contribution in [2.75, 3.05) is 23.3 Å². The summed E-state index contributed by atoms with van der Waals surface area (Å²) in [4.78, 5) is 24.8. The number of halogens is 6. The van der Waals surface area contributed by atoms with Gasteiger partial charge in [-0.05, 0) is 87.5 Å². The summed E-state index contributed by atoms with van der Waals surface area (Å²) in [7, 11) is 0. The molecule has 6 rings (SSSR count). The molecule has 1 atom stereocenters. The van der Waals surface area contributed by atoms with Crippen molar-refractivity contribution in [3.05, 3.63) is 40.7 Å². The van der Waals surface area contributed by atoms with E-state index >= 15 is 0 Å². The Morgan fingerprint density at radius 1 is 1.12 bits per heavy atom. The van der Waals surface area contributed by atoms with Gasteiger partial charge in [0, 0.05) is 6.54 Å². The maximum Gasteiger partial charge on any atom is 0.408 e. The number of fused-ring (bicyclic) bond motifs is 3. The summed E-state index contributed by atoms with van der Waals surface area (Å²) in [6, 6.07) is 3.19. The molecule has 8 nitrogen and oxygen atoms in total. The number of nitrogens with zero attached hydrogens (tertiary/aromatic N) is 4. The van der Waals surface area contributed by atoms with Gasteiger partial charge in [0.2, 0.25) is 5.91 Å². The van der Waals surface area contributed by atoms with Crippen molar-refractivity contribution < 1.29 is 35.9 Å². The van der Waals surface area contributed by atoms with Crippen molar-refractivity contribution in [3.8, 4) is 0 Å². The second-order valence-corrected chi connectivity index (χ2v) is 12.4. The first-order valence-electron chi connectivity index (χ1n) is 14.4. The summed E-state index contributed by atoms with van der Waals surface area (Å²) < 4.78 is 85.5. The molecule has 2 aliphatic heterocycles. The van der Waals surface area contributed by atoms with E-state index in [0.29, 0.717) is 5.69 Å². The molecule has 14 heteroatoms. The molecule has 1 aromatic heterocycles. The standard InChI is InChI=1S/C29H32F6N6O2/c1-26(2)21-22(37-15-28(30,31)32)38-20(14-43-25(36)40-12-4-6-19(40)29(33,34)35)39-23(21)41(24(26)42)17-8-7-16-5-3-9-27(10-11-27)18(16)13-17/h7-8,13,19,36H,3-6,9-12,14-15H2,1-2H3,(H,37,38,39)/t19-/m1/s1.